The normalized spacial score (nSPS) is 18.9. The van der Waals surface area contributed by atoms with Gasteiger partial charge in [0.15, 0.2) is 0 Å². The van der Waals surface area contributed by atoms with Crippen molar-refractivity contribution in [2.24, 2.45) is 0 Å². The summed E-state index contributed by atoms with van der Waals surface area (Å²) in [5, 5.41) is 9.64. The van der Waals surface area contributed by atoms with Crippen LogP contribution in [0.15, 0.2) is 27.6 Å². The summed E-state index contributed by atoms with van der Waals surface area (Å²) in [4.78, 5) is 0.269. The molecule has 112 valence electrons. The lowest BCUT2D eigenvalue weighted by Crippen LogP contribution is -2.52. The first-order valence-corrected chi connectivity index (χ1v) is 9.07. The summed E-state index contributed by atoms with van der Waals surface area (Å²) in [6.07, 6.45) is 4.37. The van der Waals surface area contributed by atoms with Crippen LogP contribution in [0.3, 0.4) is 0 Å². The largest absolute Gasteiger partial charge is 0.394 e. The summed E-state index contributed by atoms with van der Waals surface area (Å²) in [6, 6.07) is 5.19. The highest BCUT2D eigenvalue weighted by molar-refractivity contribution is 9.10. The average Bonchev–Trinajstić information content (AvgIpc) is 2.42. The lowest BCUT2D eigenvalue weighted by Gasteiger charge is -2.36. The summed E-state index contributed by atoms with van der Waals surface area (Å²) in [5.74, 6) is 0. The average molecular weight is 362 g/mol. The van der Waals surface area contributed by atoms with Crippen LogP contribution in [0.1, 0.15) is 37.7 Å². The van der Waals surface area contributed by atoms with Crippen molar-refractivity contribution in [2.45, 2.75) is 49.5 Å². The predicted molar refractivity (Wildman–Crippen MR) is 82.1 cm³/mol. The molecule has 0 spiro atoms. The van der Waals surface area contributed by atoms with Crippen LogP contribution < -0.4 is 4.72 Å². The Bertz CT molecular complexity index is 580. The van der Waals surface area contributed by atoms with Gasteiger partial charge in [-0.3, -0.25) is 0 Å². The molecule has 0 radical (unpaired) electrons. The van der Waals surface area contributed by atoms with E-state index in [2.05, 4.69) is 20.7 Å². The molecule has 20 heavy (non-hydrogen) atoms. The first kappa shape index (κ1) is 15.9. The number of hydrogen-bond donors (Lipinski definition) is 2. The zero-order valence-corrected chi connectivity index (χ0v) is 13.9. The van der Waals surface area contributed by atoms with Crippen molar-refractivity contribution in [3.8, 4) is 0 Å². The molecule has 0 unspecified atom stereocenters. The van der Waals surface area contributed by atoms with Gasteiger partial charge in [-0.05, 0) is 37.5 Å². The Kier molecular flexibility index (Phi) is 4.89. The molecule has 0 atom stereocenters. The standard InChI is InChI=1S/C14H20BrNO3S/c1-11-5-6-12(15)9-13(11)20(18,19)16-14(10-17)7-3-2-4-8-14/h5-6,9,16-17H,2-4,7-8,10H2,1H3. The maximum Gasteiger partial charge on any atom is 0.241 e. The van der Waals surface area contributed by atoms with Gasteiger partial charge in [0.1, 0.15) is 0 Å². The second-order valence-corrected chi connectivity index (χ2v) is 8.08. The van der Waals surface area contributed by atoms with E-state index in [0.29, 0.717) is 18.4 Å². The fourth-order valence-electron chi connectivity index (χ4n) is 2.72. The minimum absolute atomic E-state index is 0.153. The van der Waals surface area contributed by atoms with E-state index in [0.717, 1.165) is 23.7 Å². The van der Waals surface area contributed by atoms with Crippen LogP contribution in [0.2, 0.25) is 0 Å². The van der Waals surface area contributed by atoms with Gasteiger partial charge >= 0.3 is 0 Å². The highest BCUT2D eigenvalue weighted by Crippen LogP contribution is 2.30. The maximum atomic E-state index is 12.6. The van der Waals surface area contributed by atoms with E-state index in [4.69, 9.17) is 0 Å². The van der Waals surface area contributed by atoms with Crippen molar-refractivity contribution in [1.29, 1.82) is 0 Å². The van der Waals surface area contributed by atoms with Crippen molar-refractivity contribution in [2.75, 3.05) is 6.61 Å². The van der Waals surface area contributed by atoms with E-state index >= 15 is 0 Å². The van der Waals surface area contributed by atoms with E-state index < -0.39 is 15.6 Å². The van der Waals surface area contributed by atoms with Crippen molar-refractivity contribution in [3.63, 3.8) is 0 Å². The molecule has 0 aliphatic heterocycles. The SMILES string of the molecule is Cc1ccc(Br)cc1S(=O)(=O)NC1(CO)CCCCC1. The third kappa shape index (κ3) is 3.42. The molecule has 1 aliphatic rings. The molecule has 6 heteroatoms. The van der Waals surface area contributed by atoms with Crippen LogP contribution in [0.25, 0.3) is 0 Å². The molecule has 1 aromatic rings. The number of aliphatic hydroxyl groups is 1. The first-order valence-electron chi connectivity index (χ1n) is 6.80. The molecule has 0 saturated heterocycles. The Morgan fingerprint density at radius 1 is 1.30 bits per heavy atom. The molecule has 0 aromatic heterocycles. The van der Waals surface area contributed by atoms with Gasteiger partial charge < -0.3 is 5.11 Å². The smallest absolute Gasteiger partial charge is 0.241 e. The Labute approximate surface area is 128 Å². The second kappa shape index (κ2) is 6.13. The summed E-state index contributed by atoms with van der Waals surface area (Å²) >= 11 is 3.30. The predicted octanol–water partition coefficient (Wildman–Crippen LogP) is 2.73. The minimum atomic E-state index is -3.62. The monoisotopic (exact) mass is 361 g/mol. The molecular formula is C14H20BrNO3S. The number of halogens is 1. The van der Waals surface area contributed by atoms with Gasteiger partial charge in [0.25, 0.3) is 0 Å². The van der Waals surface area contributed by atoms with Crippen molar-refractivity contribution >= 4 is 26.0 Å². The van der Waals surface area contributed by atoms with E-state index in [1.165, 1.54) is 0 Å². The van der Waals surface area contributed by atoms with Crippen molar-refractivity contribution < 1.29 is 13.5 Å². The fourth-order valence-corrected chi connectivity index (χ4v) is 4.96. The zero-order chi connectivity index (χ0) is 14.8. The number of benzene rings is 1. The minimum Gasteiger partial charge on any atom is -0.394 e. The Hall–Kier alpha value is -0.430. The van der Waals surface area contributed by atoms with Crippen LogP contribution >= 0.6 is 15.9 Å². The summed E-state index contributed by atoms with van der Waals surface area (Å²) in [6.45, 7) is 1.62. The van der Waals surface area contributed by atoms with Gasteiger partial charge in [-0.15, -0.1) is 0 Å². The highest BCUT2D eigenvalue weighted by Gasteiger charge is 2.36. The molecule has 1 aliphatic carbocycles. The van der Waals surface area contributed by atoms with Crippen molar-refractivity contribution in [1.82, 2.24) is 4.72 Å². The fraction of sp³-hybridized carbons (Fsp3) is 0.571. The molecular weight excluding hydrogens is 342 g/mol. The Balaban J connectivity index is 2.32. The lowest BCUT2D eigenvalue weighted by molar-refractivity contribution is 0.142. The molecule has 4 nitrogen and oxygen atoms in total. The number of aryl methyl sites for hydroxylation is 1. The van der Waals surface area contributed by atoms with E-state index in [-0.39, 0.29) is 11.5 Å². The quantitative estimate of drug-likeness (QED) is 0.866. The molecule has 2 rings (SSSR count). The molecule has 0 heterocycles. The van der Waals surface area contributed by atoms with Crippen LogP contribution in [0.4, 0.5) is 0 Å². The van der Waals surface area contributed by atoms with Crippen LogP contribution in [-0.4, -0.2) is 25.7 Å². The van der Waals surface area contributed by atoms with Gasteiger partial charge in [0.2, 0.25) is 10.0 Å². The van der Waals surface area contributed by atoms with E-state index in [1.54, 1.807) is 19.1 Å². The van der Waals surface area contributed by atoms with Gasteiger partial charge in [-0.2, -0.15) is 0 Å². The third-order valence-electron chi connectivity index (χ3n) is 3.90. The number of nitrogens with one attached hydrogen (secondary N) is 1. The summed E-state index contributed by atoms with van der Waals surface area (Å²) in [7, 11) is -3.62. The topological polar surface area (TPSA) is 66.4 Å². The van der Waals surface area contributed by atoms with Gasteiger partial charge in [-0.25, -0.2) is 13.1 Å². The van der Waals surface area contributed by atoms with Crippen LogP contribution in [-0.2, 0) is 10.0 Å². The molecule has 1 aromatic carbocycles. The number of hydrogen-bond acceptors (Lipinski definition) is 3. The zero-order valence-electron chi connectivity index (χ0n) is 11.5. The molecule has 1 fully saturated rings. The molecule has 0 amide bonds. The van der Waals surface area contributed by atoms with Gasteiger partial charge in [0.05, 0.1) is 17.0 Å². The van der Waals surface area contributed by atoms with Crippen LogP contribution in [0.5, 0.6) is 0 Å². The number of aliphatic hydroxyl groups excluding tert-OH is 1. The number of sulfonamides is 1. The first-order chi connectivity index (χ1) is 9.38. The molecule has 0 bridgehead atoms. The molecule has 1 saturated carbocycles. The lowest BCUT2D eigenvalue weighted by atomic mass is 9.83. The molecule has 2 N–H and O–H groups in total. The highest BCUT2D eigenvalue weighted by atomic mass is 79.9. The third-order valence-corrected chi connectivity index (χ3v) is 6.12. The number of rotatable bonds is 4. The Morgan fingerprint density at radius 3 is 2.55 bits per heavy atom. The van der Waals surface area contributed by atoms with E-state index in [1.807, 2.05) is 6.07 Å². The van der Waals surface area contributed by atoms with Crippen molar-refractivity contribution in [3.05, 3.63) is 28.2 Å². The van der Waals surface area contributed by atoms with E-state index in [9.17, 15) is 13.5 Å². The Morgan fingerprint density at radius 2 is 1.95 bits per heavy atom. The maximum absolute atomic E-state index is 12.6. The van der Waals surface area contributed by atoms with Crippen LogP contribution in [0, 0.1) is 6.92 Å². The van der Waals surface area contributed by atoms with Gasteiger partial charge in [-0.1, -0.05) is 41.3 Å². The summed E-state index contributed by atoms with van der Waals surface area (Å²) in [5.41, 5.74) is -0.00384. The second-order valence-electron chi connectivity index (χ2n) is 5.51. The van der Waals surface area contributed by atoms with Gasteiger partial charge in [0, 0.05) is 4.47 Å². The summed E-state index contributed by atoms with van der Waals surface area (Å²) < 4.78 is 28.7.